The molecule has 21 heavy (non-hydrogen) atoms. The fourth-order valence-electron chi connectivity index (χ4n) is 2.51. The van der Waals surface area contributed by atoms with E-state index in [2.05, 4.69) is 77.7 Å². The zero-order chi connectivity index (χ0) is 15.2. The standard InChI is InChI=1S/C18H24BrNS/c1-4-9-20-18(16-11-17(19)21-12-16)15-7-5-14(6-8-15)10-13(2)3/h5-8,11-13,18,20H,4,9-10H2,1-3H3. The van der Waals surface area contributed by atoms with Crippen LogP contribution in [0.4, 0.5) is 0 Å². The Bertz CT molecular complexity index is 545. The fourth-order valence-corrected chi connectivity index (χ4v) is 3.71. The highest BCUT2D eigenvalue weighted by Gasteiger charge is 2.14. The molecule has 3 heteroatoms. The van der Waals surface area contributed by atoms with Crippen LogP contribution in [0.15, 0.2) is 39.5 Å². The van der Waals surface area contributed by atoms with Crippen LogP contribution in [-0.4, -0.2) is 6.54 Å². The molecule has 1 unspecified atom stereocenters. The highest BCUT2D eigenvalue weighted by Crippen LogP contribution is 2.29. The zero-order valence-corrected chi connectivity index (χ0v) is 15.4. The first-order chi connectivity index (χ1) is 10.1. The topological polar surface area (TPSA) is 12.0 Å². The van der Waals surface area contributed by atoms with Crippen molar-refractivity contribution in [2.24, 2.45) is 5.92 Å². The summed E-state index contributed by atoms with van der Waals surface area (Å²) in [6.45, 7) is 7.77. The summed E-state index contributed by atoms with van der Waals surface area (Å²) in [6, 6.07) is 11.6. The van der Waals surface area contributed by atoms with Gasteiger partial charge in [-0.05, 0) is 69.4 Å². The van der Waals surface area contributed by atoms with Crippen LogP contribution in [0.5, 0.6) is 0 Å². The van der Waals surface area contributed by atoms with Crippen molar-refractivity contribution in [1.82, 2.24) is 5.32 Å². The predicted molar refractivity (Wildman–Crippen MR) is 97.1 cm³/mol. The van der Waals surface area contributed by atoms with Crippen molar-refractivity contribution < 1.29 is 0 Å². The summed E-state index contributed by atoms with van der Waals surface area (Å²) in [7, 11) is 0. The Morgan fingerprint density at radius 1 is 1.14 bits per heavy atom. The Kier molecular flexibility index (Phi) is 6.46. The quantitative estimate of drug-likeness (QED) is 0.653. The lowest BCUT2D eigenvalue weighted by Crippen LogP contribution is -2.22. The summed E-state index contributed by atoms with van der Waals surface area (Å²) < 4.78 is 1.19. The van der Waals surface area contributed by atoms with Gasteiger partial charge in [0.2, 0.25) is 0 Å². The molecule has 0 fully saturated rings. The van der Waals surface area contributed by atoms with Crippen molar-refractivity contribution in [3.8, 4) is 0 Å². The molecule has 1 atom stereocenters. The Morgan fingerprint density at radius 2 is 1.86 bits per heavy atom. The van der Waals surface area contributed by atoms with Crippen LogP contribution in [0.3, 0.4) is 0 Å². The maximum absolute atomic E-state index is 3.66. The van der Waals surface area contributed by atoms with E-state index in [1.165, 1.54) is 20.5 Å². The van der Waals surface area contributed by atoms with Crippen LogP contribution in [0, 0.1) is 5.92 Å². The SMILES string of the molecule is CCCNC(c1ccc(CC(C)C)cc1)c1csc(Br)c1. The van der Waals surface area contributed by atoms with Crippen molar-refractivity contribution in [1.29, 1.82) is 0 Å². The molecular weight excluding hydrogens is 342 g/mol. The summed E-state index contributed by atoms with van der Waals surface area (Å²) in [6.07, 6.45) is 2.30. The van der Waals surface area contributed by atoms with Crippen LogP contribution in [0.25, 0.3) is 0 Å². The van der Waals surface area contributed by atoms with Crippen molar-refractivity contribution in [2.45, 2.75) is 39.7 Å². The van der Waals surface area contributed by atoms with E-state index in [0.717, 1.165) is 19.4 Å². The van der Waals surface area contributed by atoms with Crippen LogP contribution in [0.2, 0.25) is 0 Å². The van der Waals surface area contributed by atoms with Gasteiger partial charge in [0.15, 0.2) is 0 Å². The van der Waals surface area contributed by atoms with Gasteiger partial charge in [0, 0.05) is 0 Å². The van der Waals surface area contributed by atoms with E-state index in [1.54, 1.807) is 11.3 Å². The molecule has 0 saturated carbocycles. The monoisotopic (exact) mass is 365 g/mol. The first kappa shape index (κ1) is 16.7. The second kappa shape index (κ2) is 8.11. The normalized spacial score (nSPS) is 12.8. The molecule has 0 aliphatic rings. The van der Waals surface area contributed by atoms with Crippen molar-refractivity contribution in [3.05, 3.63) is 56.2 Å². The van der Waals surface area contributed by atoms with E-state index in [9.17, 15) is 0 Å². The molecule has 0 amide bonds. The van der Waals surface area contributed by atoms with Gasteiger partial charge in [-0.2, -0.15) is 0 Å². The van der Waals surface area contributed by atoms with Gasteiger partial charge in [-0.1, -0.05) is 45.0 Å². The van der Waals surface area contributed by atoms with E-state index in [-0.39, 0.29) is 0 Å². The molecule has 1 N–H and O–H groups in total. The molecule has 2 rings (SSSR count). The number of benzene rings is 1. The maximum atomic E-state index is 3.66. The molecule has 1 nitrogen and oxygen atoms in total. The first-order valence-electron chi connectivity index (χ1n) is 7.66. The number of halogens is 1. The van der Waals surface area contributed by atoms with Gasteiger partial charge in [0.25, 0.3) is 0 Å². The minimum atomic E-state index is 0.292. The largest absolute Gasteiger partial charge is 0.306 e. The second-order valence-corrected chi connectivity index (χ2v) is 8.20. The van der Waals surface area contributed by atoms with E-state index >= 15 is 0 Å². The molecule has 1 heterocycles. The molecule has 1 aromatic carbocycles. The third-order valence-corrected chi connectivity index (χ3v) is 5.00. The summed E-state index contributed by atoms with van der Waals surface area (Å²) >= 11 is 5.32. The molecular formula is C18H24BrNS. The third kappa shape index (κ3) is 4.94. The summed E-state index contributed by atoms with van der Waals surface area (Å²) in [5, 5.41) is 5.90. The van der Waals surface area contributed by atoms with Gasteiger partial charge in [-0.15, -0.1) is 11.3 Å². The summed E-state index contributed by atoms with van der Waals surface area (Å²) in [5.74, 6) is 0.706. The van der Waals surface area contributed by atoms with Gasteiger partial charge in [0.05, 0.1) is 9.83 Å². The smallest absolute Gasteiger partial charge is 0.0701 e. The van der Waals surface area contributed by atoms with E-state index in [1.807, 2.05) is 0 Å². The Balaban J connectivity index is 2.20. The van der Waals surface area contributed by atoms with Crippen LogP contribution >= 0.6 is 27.3 Å². The van der Waals surface area contributed by atoms with Crippen molar-refractivity contribution in [2.75, 3.05) is 6.54 Å². The second-order valence-electron chi connectivity index (χ2n) is 5.91. The number of thiophene rings is 1. The fraction of sp³-hybridized carbons (Fsp3) is 0.444. The summed E-state index contributed by atoms with van der Waals surface area (Å²) in [4.78, 5) is 0. The van der Waals surface area contributed by atoms with Crippen molar-refractivity contribution in [3.63, 3.8) is 0 Å². The highest BCUT2D eigenvalue weighted by atomic mass is 79.9. The Hall–Kier alpha value is -0.640. The molecule has 1 aromatic heterocycles. The molecule has 0 aliphatic heterocycles. The molecule has 0 spiro atoms. The highest BCUT2D eigenvalue weighted by molar-refractivity contribution is 9.11. The van der Waals surface area contributed by atoms with Gasteiger partial charge in [0.1, 0.15) is 0 Å². The lowest BCUT2D eigenvalue weighted by Gasteiger charge is -2.18. The Morgan fingerprint density at radius 3 is 2.38 bits per heavy atom. The molecule has 0 aliphatic carbocycles. The average molecular weight is 366 g/mol. The van der Waals surface area contributed by atoms with Gasteiger partial charge < -0.3 is 5.32 Å². The number of hydrogen-bond donors (Lipinski definition) is 1. The molecule has 0 bridgehead atoms. The molecule has 0 radical (unpaired) electrons. The summed E-state index contributed by atoms with van der Waals surface area (Å²) in [5.41, 5.74) is 4.12. The lowest BCUT2D eigenvalue weighted by atomic mass is 9.97. The molecule has 114 valence electrons. The van der Waals surface area contributed by atoms with E-state index < -0.39 is 0 Å². The zero-order valence-electron chi connectivity index (χ0n) is 13.0. The average Bonchev–Trinajstić information content (AvgIpc) is 2.87. The molecule has 0 saturated heterocycles. The lowest BCUT2D eigenvalue weighted by molar-refractivity contribution is 0.599. The van der Waals surface area contributed by atoms with Gasteiger partial charge in [-0.3, -0.25) is 0 Å². The third-order valence-electron chi connectivity index (χ3n) is 3.48. The van der Waals surface area contributed by atoms with E-state index in [0.29, 0.717) is 12.0 Å². The van der Waals surface area contributed by atoms with Gasteiger partial charge in [-0.25, -0.2) is 0 Å². The van der Waals surface area contributed by atoms with E-state index in [4.69, 9.17) is 0 Å². The van der Waals surface area contributed by atoms with Crippen LogP contribution in [0.1, 0.15) is 49.9 Å². The first-order valence-corrected chi connectivity index (χ1v) is 9.33. The number of nitrogens with one attached hydrogen (secondary N) is 1. The number of hydrogen-bond acceptors (Lipinski definition) is 2. The van der Waals surface area contributed by atoms with Gasteiger partial charge >= 0.3 is 0 Å². The predicted octanol–water partition coefficient (Wildman–Crippen LogP) is 5.80. The minimum absolute atomic E-state index is 0.292. The Labute approximate surface area is 140 Å². The van der Waals surface area contributed by atoms with Crippen LogP contribution < -0.4 is 5.32 Å². The maximum Gasteiger partial charge on any atom is 0.0701 e. The minimum Gasteiger partial charge on any atom is -0.306 e. The van der Waals surface area contributed by atoms with Crippen molar-refractivity contribution >= 4 is 27.3 Å². The molecule has 2 aromatic rings. The van der Waals surface area contributed by atoms with Crippen LogP contribution in [-0.2, 0) is 6.42 Å². The number of rotatable bonds is 7.